The van der Waals surface area contributed by atoms with E-state index >= 15 is 0 Å². The molecule has 0 saturated carbocycles. The second-order valence-electron chi connectivity index (χ2n) is 4.56. The van der Waals surface area contributed by atoms with E-state index in [1.54, 1.807) is 13.1 Å². The predicted octanol–water partition coefficient (Wildman–Crippen LogP) is 2.29. The van der Waals surface area contributed by atoms with E-state index < -0.39 is 0 Å². The van der Waals surface area contributed by atoms with Gasteiger partial charge in [0.25, 0.3) is 5.91 Å². The van der Waals surface area contributed by atoms with Crippen molar-refractivity contribution in [2.24, 2.45) is 0 Å². The molecule has 0 fully saturated rings. The van der Waals surface area contributed by atoms with Gasteiger partial charge in [-0.05, 0) is 36.8 Å². The molecule has 0 unspecified atom stereocenters. The maximum absolute atomic E-state index is 11.5. The Morgan fingerprint density at radius 2 is 2.00 bits per heavy atom. The highest BCUT2D eigenvalue weighted by molar-refractivity contribution is 5.92. The average molecular weight is 266 g/mol. The molecule has 1 aromatic carbocycles. The lowest BCUT2D eigenvalue weighted by atomic mass is 10.0. The van der Waals surface area contributed by atoms with Gasteiger partial charge in [0.1, 0.15) is 0 Å². The summed E-state index contributed by atoms with van der Waals surface area (Å²) in [5.41, 5.74) is 4.34. The number of aromatic amines is 1. The average Bonchev–Trinajstić information content (AvgIpc) is 2.96. The molecule has 0 bridgehead atoms. The monoisotopic (exact) mass is 266 g/mol. The minimum Gasteiger partial charge on any atom is -0.361 e. The van der Waals surface area contributed by atoms with Crippen LogP contribution in [-0.2, 0) is 0 Å². The van der Waals surface area contributed by atoms with Gasteiger partial charge in [-0.3, -0.25) is 4.79 Å². The molecule has 5 nitrogen and oxygen atoms in total. The molecular weight excluding hydrogens is 252 g/mol. The standard InChI is InChI=1S/C15H14N4O/c1-9-10(3-4-12-11(9)7-8-17-12)13-5-6-14(19-18-13)15(20)16-2/h3-8,17H,1-2H3,(H,16,20). The Balaban J connectivity index is 2.06. The van der Waals surface area contributed by atoms with Crippen molar-refractivity contribution < 1.29 is 4.79 Å². The zero-order valence-electron chi connectivity index (χ0n) is 11.3. The number of rotatable bonds is 2. The Hall–Kier alpha value is -2.69. The first-order valence-corrected chi connectivity index (χ1v) is 6.33. The van der Waals surface area contributed by atoms with E-state index in [0.29, 0.717) is 5.69 Å². The maximum atomic E-state index is 11.5. The number of aryl methyl sites for hydroxylation is 1. The van der Waals surface area contributed by atoms with Crippen LogP contribution in [0.15, 0.2) is 36.5 Å². The Labute approximate surface area is 116 Å². The first-order valence-electron chi connectivity index (χ1n) is 6.33. The van der Waals surface area contributed by atoms with Gasteiger partial charge in [-0.15, -0.1) is 10.2 Å². The number of aromatic nitrogens is 3. The lowest BCUT2D eigenvalue weighted by Crippen LogP contribution is -2.19. The molecule has 0 aliphatic rings. The van der Waals surface area contributed by atoms with E-state index in [4.69, 9.17) is 0 Å². The van der Waals surface area contributed by atoms with Crippen molar-refractivity contribution in [1.29, 1.82) is 0 Å². The number of nitrogens with one attached hydrogen (secondary N) is 2. The van der Waals surface area contributed by atoms with Crippen molar-refractivity contribution in [1.82, 2.24) is 20.5 Å². The molecule has 0 spiro atoms. The van der Waals surface area contributed by atoms with Crippen molar-refractivity contribution in [2.45, 2.75) is 6.92 Å². The fourth-order valence-corrected chi connectivity index (χ4v) is 2.29. The SMILES string of the molecule is CNC(=O)c1ccc(-c2ccc3[nH]ccc3c2C)nn1. The molecule has 2 heterocycles. The number of hydrogen-bond donors (Lipinski definition) is 2. The van der Waals surface area contributed by atoms with Crippen molar-refractivity contribution in [3.05, 3.63) is 47.8 Å². The lowest BCUT2D eigenvalue weighted by molar-refractivity contribution is 0.0957. The number of fused-ring (bicyclic) bond motifs is 1. The summed E-state index contributed by atoms with van der Waals surface area (Å²) in [6.07, 6.45) is 1.92. The second-order valence-corrected chi connectivity index (χ2v) is 4.56. The van der Waals surface area contributed by atoms with Gasteiger partial charge in [-0.25, -0.2) is 0 Å². The number of hydrogen-bond acceptors (Lipinski definition) is 3. The topological polar surface area (TPSA) is 70.7 Å². The number of carbonyl (C=O) groups is 1. The molecule has 0 aliphatic carbocycles. The zero-order valence-corrected chi connectivity index (χ0v) is 11.3. The van der Waals surface area contributed by atoms with Crippen molar-refractivity contribution >= 4 is 16.8 Å². The van der Waals surface area contributed by atoms with Crippen LogP contribution < -0.4 is 5.32 Å². The van der Waals surface area contributed by atoms with E-state index in [-0.39, 0.29) is 5.91 Å². The van der Waals surface area contributed by atoms with E-state index in [1.807, 2.05) is 30.5 Å². The third-order valence-electron chi connectivity index (χ3n) is 3.40. The van der Waals surface area contributed by atoms with Crippen LogP contribution in [0.1, 0.15) is 16.1 Å². The van der Waals surface area contributed by atoms with Crippen LogP contribution in [0.5, 0.6) is 0 Å². The van der Waals surface area contributed by atoms with Gasteiger partial charge in [-0.2, -0.15) is 0 Å². The van der Waals surface area contributed by atoms with Crippen molar-refractivity contribution in [2.75, 3.05) is 7.05 Å². The molecule has 0 radical (unpaired) electrons. The lowest BCUT2D eigenvalue weighted by Gasteiger charge is -2.06. The van der Waals surface area contributed by atoms with Gasteiger partial charge in [0, 0.05) is 29.7 Å². The third-order valence-corrected chi connectivity index (χ3v) is 3.40. The minimum absolute atomic E-state index is 0.234. The summed E-state index contributed by atoms with van der Waals surface area (Å²) in [6, 6.07) is 9.57. The van der Waals surface area contributed by atoms with Gasteiger partial charge >= 0.3 is 0 Å². The molecule has 2 N–H and O–H groups in total. The molecular formula is C15H14N4O. The first kappa shape index (κ1) is 12.3. The highest BCUT2D eigenvalue weighted by Gasteiger charge is 2.10. The minimum atomic E-state index is -0.234. The largest absolute Gasteiger partial charge is 0.361 e. The number of amides is 1. The summed E-state index contributed by atoms with van der Waals surface area (Å²) in [4.78, 5) is 14.6. The molecule has 20 heavy (non-hydrogen) atoms. The van der Waals surface area contributed by atoms with Crippen LogP contribution in [0.3, 0.4) is 0 Å². The van der Waals surface area contributed by atoms with Crippen LogP contribution in [0, 0.1) is 6.92 Å². The molecule has 0 aliphatic heterocycles. The summed E-state index contributed by atoms with van der Waals surface area (Å²) in [5, 5.41) is 11.8. The second kappa shape index (κ2) is 4.77. The highest BCUT2D eigenvalue weighted by atomic mass is 16.1. The molecule has 5 heteroatoms. The van der Waals surface area contributed by atoms with Crippen LogP contribution in [-0.4, -0.2) is 28.1 Å². The van der Waals surface area contributed by atoms with Gasteiger partial charge in [0.05, 0.1) is 5.69 Å². The first-order chi connectivity index (χ1) is 9.70. The Morgan fingerprint density at radius 3 is 2.70 bits per heavy atom. The summed E-state index contributed by atoms with van der Waals surface area (Å²) in [6.45, 7) is 2.06. The summed E-state index contributed by atoms with van der Waals surface area (Å²) >= 11 is 0. The number of nitrogens with zero attached hydrogens (tertiary/aromatic N) is 2. The molecule has 0 atom stereocenters. The van der Waals surface area contributed by atoms with E-state index in [2.05, 4.69) is 27.4 Å². The predicted molar refractivity (Wildman–Crippen MR) is 77.5 cm³/mol. The van der Waals surface area contributed by atoms with Crippen LogP contribution in [0.2, 0.25) is 0 Å². The number of H-pyrrole nitrogens is 1. The fraction of sp³-hybridized carbons (Fsp3) is 0.133. The Morgan fingerprint density at radius 1 is 1.15 bits per heavy atom. The summed E-state index contributed by atoms with van der Waals surface area (Å²) < 4.78 is 0. The van der Waals surface area contributed by atoms with E-state index in [9.17, 15) is 4.79 Å². The van der Waals surface area contributed by atoms with Crippen LogP contribution in [0.4, 0.5) is 0 Å². The Kier molecular flexibility index (Phi) is 2.95. The smallest absolute Gasteiger partial charge is 0.271 e. The fourth-order valence-electron chi connectivity index (χ4n) is 2.29. The van der Waals surface area contributed by atoms with E-state index in [0.717, 1.165) is 22.3 Å². The number of carbonyl (C=O) groups excluding carboxylic acids is 1. The van der Waals surface area contributed by atoms with Crippen LogP contribution in [0.25, 0.3) is 22.2 Å². The molecule has 1 amide bonds. The van der Waals surface area contributed by atoms with Gasteiger partial charge in [0.2, 0.25) is 0 Å². The third kappa shape index (κ3) is 1.93. The molecule has 2 aromatic heterocycles. The van der Waals surface area contributed by atoms with Gasteiger partial charge < -0.3 is 10.3 Å². The molecule has 100 valence electrons. The van der Waals surface area contributed by atoms with E-state index in [1.165, 1.54) is 5.39 Å². The van der Waals surface area contributed by atoms with Crippen LogP contribution >= 0.6 is 0 Å². The van der Waals surface area contributed by atoms with Crippen molar-refractivity contribution in [3.8, 4) is 11.3 Å². The van der Waals surface area contributed by atoms with Gasteiger partial charge in [0.15, 0.2) is 5.69 Å². The quantitative estimate of drug-likeness (QED) is 0.747. The van der Waals surface area contributed by atoms with Crippen molar-refractivity contribution in [3.63, 3.8) is 0 Å². The van der Waals surface area contributed by atoms with Gasteiger partial charge in [-0.1, -0.05) is 6.07 Å². The molecule has 3 rings (SSSR count). The maximum Gasteiger partial charge on any atom is 0.271 e. The molecule has 3 aromatic rings. The normalized spacial score (nSPS) is 10.7. The summed E-state index contributed by atoms with van der Waals surface area (Å²) in [5.74, 6) is -0.234. The highest BCUT2D eigenvalue weighted by Crippen LogP contribution is 2.27. The Bertz CT molecular complexity index is 774. The number of benzene rings is 1. The molecule has 0 saturated heterocycles. The summed E-state index contributed by atoms with van der Waals surface area (Å²) in [7, 11) is 1.57. The zero-order chi connectivity index (χ0) is 14.1.